The first-order valence-corrected chi connectivity index (χ1v) is 9.16. The zero-order valence-corrected chi connectivity index (χ0v) is 14.3. The minimum atomic E-state index is -2.72. The van der Waals surface area contributed by atoms with E-state index in [4.69, 9.17) is 29.6 Å². The second kappa shape index (κ2) is 8.64. The van der Waals surface area contributed by atoms with Crippen LogP contribution in [0.3, 0.4) is 0 Å². The quantitative estimate of drug-likeness (QED) is 0.653. The van der Waals surface area contributed by atoms with E-state index in [1.54, 1.807) is 13.2 Å². The molecule has 0 N–H and O–H groups in total. The van der Waals surface area contributed by atoms with Crippen LogP contribution in [0.1, 0.15) is 26.3 Å². The molecule has 0 heterocycles. The summed E-state index contributed by atoms with van der Waals surface area (Å²) in [6.07, 6.45) is 0. The lowest BCUT2D eigenvalue weighted by atomic mass is 10.2. The third-order valence-corrected chi connectivity index (χ3v) is 6.11. The molecular formula is C14H23ClO4Si. The van der Waals surface area contributed by atoms with E-state index in [2.05, 4.69) is 0 Å². The van der Waals surface area contributed by atoms with Crippen LogP contribution in [-0.4, -0.2) is 35.7 Å². The summed E-state index contributed by atoms with van der Waals surface area (Å²) in [6, 6.07) is 6.16. The molecule has 1 aromatic rings. The monoisotopic (exact) mass is 318 g/mol. The summed E-state index contributed by atoms with van der Waals surface area (Å²) in [5.41, 5.74) is 0.953. The van der Waals surface area contributed by atoms with Crippen LogP contribution in [0, 0.1) is 0 Å². The summed E-state index contributed by atoms with van der Waals surface area (Å²) in [5, 5.41) is 0.639. The molecule has 20 heavy (non-hydrogen) atoms. The summed E-state index contributed by atoms with van der Waals surface area (Å²) < 4.78 is 22.6. The van der Waals surface area contributed by atoms with Gasteiger partial charge in [-0.05, 0) is 38.5 Å². The van der Waals surface area contributed by atoms with Crippen molar-refractivity contribution >= 4 is 20.4 Å². The number of benzene rings is 1. The predicted octanol–water partition coefficient (Wildman–Crippen LogP) is 3.48. The molecule has 0 radical (unpaired) electrons. The molecule has 0 aliphatic rings. The molecule has 4 nitrogen and oxygen atoms in total. The first-order chi connectivity index (χ1) is 9.60. The molecule has 0 saturated heterocycles. The number of rotatable bonds is 9. The Morgan fingerprint density at radius 3 is 1.95 bits per heavy atom. The van der Waals surface area contributed by atoms with Crippen LogP contribution in [0.2, 0.25) is 5.02 Å². The van der Waals surface area contributed by atoms with Crippen molar-refractivity contribution in [3.8, 4) is 5.75 Å². The maximum Gasteiger partial charge on any atom is 0.505 e. The molecule has 114 valence electrons. The van der Waals surface area contributed by atoms with E-state index >= 15 is 0 Å². The fourth-order valence-corrected chi connectivity index (χ4v) is 4.97. The van der Waals surface area contributed by atoms with Crippen LogP contribution >= 0.6 is 11.6 Å². The SMILES string of the molecule is CCO[Si](Cc1ccc(OC)cc1Cl)(OCC)OCC. The predicted molar refractivity (Wildman–Crippen MR) is 82.3 cm³/mol. The summed E-state index contributed by atoms with van der Waals surface area (Å²) in [7, 11) is -1.10. The summed E-state index contributed by atoms with van der Waals surface area (Å²) in [5.74, 6) is 0.732. The normalized spacial score (nSPS) is 11.7. The molecule has 0 unspecified atom stereocenters. The van der Waals surface area contributed by atoms with Crippen molar-refractivity contribution in [2.45, 2.75) is 26.8 Å². The molecule has 0 atom stereocenters. The molecule has 0 saturated carbocycles. The Hall–Kier alpha value is -0.593. The molecular weight excluding hydrogens is 296 g/mol. The Kier molecular flexibility index (Phi) is 7.54. The van der Waals surface area contributed by atoms with Gasteiger partial charge in [0.1, 0.15) is 5.75 Å². The van der Waals surface area contributed by atoms with Crippen LogP contribution in [-0.2, 0) is 19.3 Å². The van der Waals surface area contributed by atoms with Crippen LogP contribution in [0.15, 0.2) is 18.2 Å². The lowest BCUT2D eigenvalue weighted by molar-refractivity contribution is 0.0704. The summed E-state index contributed by atoms with van der Waals surface area (Å²) >= 11 is 6.29. The first-order valence-electron chi connectivity index (χ1n) is 6.85. The zero-order valence-electron chi connectivity index (χ0n) is 12.6. The number of ether oxygens (including phenoxy) is 1. The van der Waals surface area contributed by atoms with Gasteiger partial charge < -0.3 is 18.0 Å². The van der Waals surface area contributed by atoms with Crippen molar-refractivity contribution in [3.05, 3.63) is 28.8 Å². The minimum Gasteiger partial charge on any atom is -0.497 e. The average molecular weight is 319 g/mol. The van der Waals surface area contributed by atoms with Crippen LogP contribution in [0.5, 0.6) is 5.75 Å². The summed E-state index contributed by atoms with van der Waals surface area (Å²) in [4.78, 5) is 0. The molecule has 1 rings (SSSR count). The van der Waals surface area contributed by atoms with Crippen LogP contribution < -0.4 is 4.74 Å². The Morgan fingerprint density at radius 2 is 1.55 bits per heavy atom. The van der Waals surface area contributed by atoms with Gasteiger partial charge in [0.2, 0.25) is 0 Å². The Morgan fingerprint density at radius 1 is 1.00 bits per heavy atom. The number of halogens is 1. The standard InChI is InChI=1S/C14H23ClO4Si/c1-5-17-20(18-6-2,19-7-3)11-12-8-9-13(16-4)10-14(12)15/h8-10H,5-7,11H2,1-4H3. The molecule has 0 aliphatic heterocycles. The average Bonchev–Trinajstić information content (AvgIpc) is 2.42. The Labute approximate surface area is 127 Å². The highest BCUT2D eigenvalue weighted by molar-refractivity contribution is 6.60. The van der Waals surface area contributed by atoms with E-state index < -0.39 is 8.80 Å². The van der Waals surface area contributed by atoms with Crippen LogP contribution in [0.25, 0.3) is 0 Å². The molecule has 0 aliphatic carbocycles. The van der Waals surface area contributed by atoms with Crippen molar-refractivity contribution in [2.24, 2.45) is 0 Å². The number of hydrogen-bond acceptors (Lipinski definition) is 4. The molecule has 0 amide bonds. The van der Waals surface area contributed by atoms with E-state index in [-0.39, 0.29) is 0 Å². The molecule has 1 aromatic carbocycles. The van der Waals surface area contributed by atoms with Gasteiger partial charge in [-0.15, -0.1) is 0 Å². The fourth-order valence-electron chi connectivity index (χ4n) is 1.97. The molecule has 0 aromatic heterocycles. The van der Waals surface area contributed by atoms with Gasteiger partial charge >= 0.3 is 8.80 Å². The van der Waals surface area contributed by atoms with Gasteiger partial charge in [0, 0.05) is 30.9 Å². The van der Waals surface area contributed by atoms with Crippen molar-refractivity contribution in [1.29, 1.82) is 0 Å². The lowest BCUT2D eigenvalue weighted by Crippen LogP contribution is -2.48. The van der Waals surface area contributed by atoms with Gasteiger partial charge in [-0.1, -0.05) is 17.7 Å². The number of hydrogen-bond donors (Lipinski definition) is 0. The van der Waals surface area contributed by atoms with Crippen molar-refractivity contribution in [1.82, 2.24) is 0 Å². The second-order valence-corrected chi connectivity index (χ2v) is 7.11. The van der Waals surface area contributed by atoms with E-state index in [9.17, 15) is 0 Å². The van der Waals surface area contributed by atoms with E-state index in [1.165, 1.54) is 0 Å². The fraction of sp³-hybridized carbons (Fsp3) is 0.571. The smallest absolute Gasteiger partial charge is 0.497 e. The third-order valence-electron chi connectivity index (χ3n) is 2.76. The Balaban J connectivity index is 2.98. The van der Waals surface area contributed by atoms with Crippen LogP contribution in [0.4, 0.5) is 0 Å². The maximum absolute atomic E-state index is 6.29. The highest BCUT2D eigenvalue weighted by atomic mass is 35.5. The largest absolute Gasteiger partial charge is 0.505 e. The van der Waals surface area contributed by atoms with E-state index in [0.717, 1.165) is 11.3 Å². The van der Waals surface area contributed by atoms with Gasteiger partial charge in [-0.3, -0.25) is 0 Å². The molecule has 0 fully saturated rings. The number of methoxy groups -OCH3 is 1. The summed E-state index contributed by atoms with van der Waals surface area (Å²) in [6.45, 7) is 7.49. The lowest BCUT2D eigenvalue weighted by Gasteiger charge is -2.28. The van der Waals surface area contributed by atoms with Gasteiger partial charge in [0.05, 0.1) is 7.11 Å². The first kappa shape index (κ1) is 17.5. The van der Waals surface area contributed by atoms with Gasteiger partial charge in [0.15, 0.2) is 0 Å². The van der Waals surface area contributed by atoms with Crippen molar-refractivity contribution in [3.63, 3.8) is 0 Å². The highest BCUT2D eigenvalue weighted by Gasteiger charge is 2.41. The second-order valence-electron chi connectivity index (χ2n) is 4.12. The van der Waals surface area contributed by atoms with Crippen molar-refractivity contribution in [2.75, 3.05) is 26.9 Å². The van der Waals surface area contributed by atoms with Gasteiger partial charge in [-0.25, -0.2) is 0 Å². The van der Waals surface area contributed by atoms with Gasteiger partial charge in [-0.2, -0.15) is 0 Å². The van der Waals surface area contributed by atoms with Crippen molar-refractivity contribution < 1.29 is 18.0 Å². The van der Waals surface area contributed by atoms with E-state index in [1.807, 2.05) is 32.9 Å². The maximum atomic E-state index is 6.29. The molecule has 0 spiro atoms. The topological polar surface area (TPSA) is 36.9 Å². The highest BCUT2D eigenvalue weighted by Crippen LogP contribution is 2.26. The molecule has 0 bridgehead atoms. The van der Waals surface area contributed by atoms with E-state index in [0.29, 0.717) is 30.9 Å². The molecule has 6 heteroatoms. The zero-order chi connectivity index (χ0) is 15.0. The van der Waals surface area contributed by atoms with Gasteiger partial charge in [0.25, 0.3) is 0 Å². The Bertz CT molecular complexity index is 397. The third kappa shape index (κ3) is 4.75. The minimum absolute atomic E-state index is 0.556.